The van der Waals surface area contributed by atoms with Crippen LogP contribution in [0.2, 0.25) is 0 Å². The number of hydrogen-bond donors (Lipinski definition) is 0. The van der Waals surface area contributed by atoms with E-state index >= 15 is 0 Å². The van der Waals surface area contributed by atoms with Gasteiger partial charge in [-0.1, -0.05) is 32.9 Å². The highest BCUT2D eigenvalue weighted by Crippen LogP contribution is 2.25. The second kappa shape index (κ2) is 6.55. The zero-order valence-corrected chi connectivity index (χ0v) is 12.8. The number of benzene rings is 1. The summed E-state index contributed by atoms with van der Waals surface area (Å²) < 4.78 is 9.72. The van der Waals surface area contributed by atoms with Crippen molar-refractivity contribution in [3.8, 4) is 0 Å². The smallest absolute Gasteiger partial charge is 0.338 e. The minimum atomic E-state index is -0.405. The summed E-state index contributed by atoms with van der Waals surface area (Å²) in [6, 6.07) is 5.53. The van der Waals surface area contributed by atoms with Gasteiger partial charge in [0, 0.05) is 0 Å². The van der Waals surface area contributed by atoms with Crippen LogP contribution in [0.25, 0.3) is 0 Å². The lowest BCUT2D eigenvalue weighted by atomic mass is 9.85. The highest BCUT2D eigenvalue weighted by molar-refractivity contribution is 5.92. The van der Waals surface area contributed by atoms with Gasteiger partial charge in [0.2, 0.25) is 0 Å². The fourth-order valence-corrected chi connectivity index (χ4v) is 1.82. The van der Waals surface area contributed by atoms with Gasteiger partial charge in [0.1, 0.15) is 0 Å². The molecule has 0 spiro atoms. The van der Waals surface area contributed by atoms with E-state index in [-0.39, 0.29) is 17.8 Å². The molecule has 0 heterocycles. The molecule has 0 saturated heterocycles. The van der Waals surface area contributed by atoms with Gasteiger partial charge >= 0.3 is 11.9 Å². The topological polar surface area (TPSA) is 52.6 Å². The molecular formula is C16H22O4. The number of carbonyl (C=O) groups excluding carboxylic acids is 2. The fourth-order valence-electron chi connectivity index (χ4n) is 1.82. The van der Waals surface area contributed by atoms with Crippen molar-refractivity contribution in [1.29, 1.82) is 0 Å². The van der Waals surface area contributed by atoms with Crippen LogP contribution in [0, 0.1) is 0 Å². The Bertz CT molecular complexity index is 498. The zero-order valence-electron chi connectivity index (χ0n) is 12.8. The molecule has 0 bridgehead atoms. The van der Waals surface area contributed by atoms with Gasteiger partial charge in [0.25, 0.3) is 0 Å². The van der Waals surface area contributed by atoms with Crippen LogP contribution >= 0.6 is 0 Å². The number of rotatable bonds is 4. The van der Waals surface area contributed by atoms with Crippen LogP contribution < -0.4 is 0 Å². The lowest BCUT2D eigenvalue weighted by Crippen LogP contribution is -2.16. The first kappa shape index (κ1) is 16.2. The summed E-state index contributed by atoms with van der Waals surface area (Å²) in [7, 11) is 1.33. The standard InChI is InChI=1S/C16H22O4/c1-6-20-15(18)13-10-12(16(2,3)4)8-7-11(13)9-14(17)19-5/h7-8,10H,6,9H2,1-5H3. The SMILES string of the molecule is CCOC(=O)c1cc(C(C)(C)C)ccc1CC(=O)OC. The fraction of sp³-hybridized carbons (Fsp3) is 0.500. The van der Waals surface area contributed by atoms with E-state index in [2.05, 4.69) is 25.5 Å². The molecule has 0 aliphatic carbocycles. The van der Waals surface area contributed by atoms with E-state index in [1.54, 1.807) is 19.1 Å². The third kappa shape index (κ3) is 4.08. The van der Waals surface area contributed by atoms with Crippen molar-refractivity contribution in [2.24, 2.45) is 0 Å². The summed E-state index contributed by atoms with van der Waals surface area (Å²) in [6.07, 6.45) is 0.0646. The average molecular weight is 278 g/mol. The summed E-state index contributed by atoms with van der Waals surface area (Å²) >= 11 is 0. The van der Waals surface area contributed by atoms with Crippen LogP contribution in [0.1, 0.15) is 49.2 Å². The number of hydrogen-bond acceptors (Lipinski definition) is 4. The number of methoxy groups -OCH3 is 1. The number of ether oxygens (including phenoxy) is 2. The monoisotopic (exact) mass is 278 g/mol. The molecule has 1 rings (SSSR count). The summed E-state index contributed by atoms with van der Waals surface area (Å²) in [6.45, 7) is 8.26. The molecule has 0 fully saturated rings. The van der Waals surface area contributed by atoms with Crippen LogP contribution in [0.4, 0.5) is 0 Å². The molecule has 110 valence electrons. The summed E-state index contributed by atoms with van der Waals surface area (Å²) in [5.74, 6) is -0.781. The molecule has 1 aromatic carbocycles. The highest BCUT2D eigenvalue weighted by Gasteiger charge is 2.20. The van der Waals surface area contributed by atoms with Crippen molar-refractivity contribution in [2.75, 3.05) is 13.7 Å². The molecule has 4 nitrogen and oxygen atoms in total. The minimum absolute atomic E-state index is 0.0646. The quantitative estimate of drug-likeness (QED) is 0.795. The Morgan fingerprint density at radius 1 is 1.20 bits per heavy atom. The molecular weight excluding hydrogens is 256 g/mol. The van der Waals surface area contributed by atoms with E-state index < -0.39 is 5.97 Å². The van der Waals surface area contributed by atoms with Crippen molar-refractivity contribution in [3.05, 3.63) is 34.9 Å². The van der Waals surface area contributed by atoms with Gasteiger partial charge in [-0.2, -0.15) is 0 Å². The Hall–Kier alpha value is -1.84. The van der Waals surface area contributed by atoms with Gasteiger partial charge in [-0.3, -0.25) is 4.79 Å². The van der Waals surface area contributed by atoms with Crippen molar-refractivity contribution < 1.29 is 19.1 Å². The van der Waals surface area contributed by atoms with Crippen LogP contribution in [0.5, 0.6) is 0 Å². The molecule has 0 radical (unpaired) electrons. The maximum atomic E-state index is 12.0. The molecule has 4 heteroatoms. The van der Waals surface area contributed by atoms with Crippen LogP contribution in [-0.2, 0) is 26.1 Å². The molecule has 0 aliphatic heterocycles. The van der Waals surface area contributed by atoms with Crippen molar-refractivity contribution >= 4 is 11.9 Å². The maximum Gasteiger partial charge on any atom is 0.338 e. The Labute approximate surface area is 120 Å². The summed E-state index contributed by atoms with van der Waals surface area (Å²) in [5, 5.41) is 0. The first-order valence-electron chi connectivity index (χ1n) is 6.67. The number of carbonyl (C=O) groups is 2. The molecule has 0 aliphatic rings. The molecule has 0 unspecified atom stereocenters. The second-order valence-corrected chi connectivity index (χ2v) is 5.60. The van der Waals surface area contributed by atoms with Crippen LogP contribution in [0.15, 0.2) is 18.2 Å². The van der Waals surface area contributed by atoms with E-state index in [1.165, 1.54) is 7.11 Å². The van der Waals surface area contributed by atoms with Crippen molar-refractivity contribution in [1.82, 2.24) is 0 Å². The first-order valence-corrected chi connectivity index (χ1v) is 6.67. The van der Waals surface area contributed by atoms with Gasteiger partial charge in [-0.05, 0) is 29.5 Å². The molecule has 0 saturated carbocycles. The van der Waals surface area contributed by atoms with Crippen LogP contribution in [0.3, 0.4) is 0 Å². The normalized spacial score (nSPS) is 11.1. The Morgan fingerprint density at radius 3 is 2.35 bits per heavy atom. The van der Waals surface area contributed by atoms with E-state index in [0.29, 0.717) is 17.7 Å². The van der Waals surface area contributed by atoms with E-state index in [0.717, 1.165) is 5.56 Å². The minimum Gasteiger partial charge on any atom is -0.469 e. The maximum absolute atomic E-state index is 12.0. The van der Waals surface area contributed by atoms with Crippen molar-refractivity contribution in [2.45, 2.75) is 39.5 Å². The largest absolute Gasteiger partial charge is 0.469 e. The Balaban J connectivity index is 3.23. The highest BCUT2D eigenvalue weighted by atomic mass is 16.5. The lowest BCUT2D eigenvalue weighted by Gasteiger charge is -2.20. The predicted molar refractivity (Wildman–Crippen MR) is 76.8 cm³/mol. The van der Waals surface area contributed by atoms with Gasteiger partial charge in [-0.15, -0.1) is 0 Å². The zero-order chi connectivity index (χ0) is 15.3. The average Bonchev–Trinajstić information content (AvgIpc) is 2.37. The van der Waals surface area contributed by atoms with Crippen LogP contribution in [-0.4, -0.2) is 25.7 Å². The third-order valence-electron chi connectivity index (χ3n) is 3.03. The molecule has 20 heavy (non-hydrogen) atoms. The summed E-state index contributed by atoms with van der Waals surface area (Å²) in [4.78, 5) is 23.5. The van der Waals surface area contributed by atoms with Gasteiger partial charge < -0.3 is 9.47 Å². The Morgan fingerprint density at radius 2 is 1.85 bits per heavy atom. The molecule has 1 aromatic rings. The first-order chi connectivity index (χ1) is 9.29. The Kier molecular flexibility index (Phi) is 5.31. The molecule has 0 atom stereocenters. The molecule has 0 N–H and O–H groups in total. The second-order valence-electron chi connectivity index (χ2n) is 5.60. The van der Waals surface area contributed by atoms with Gasteiger partial charge in [0.15, 0.2) is 0 Å². The van der Waals surface area contributed by atoms with Gasteiger partial charge in [0.05, 0.1) is 25.7 Å². The van der Waals surface area contributed by atoms with Crippen molar-refractivity contribution in [3.63, 3.8) is 0 Å². The lowest BCUT2D eigenvalue weighted by molar-refractivity contribution is -0.139. The predicted octanol–water partition coefficient (Wildman–Crippen LogP) is 2.88. The number of esters is 2. The van der Waals surface area contributed by atoms with E-state index in [4.69, 9.17) is 4.74 Å². The van der Waals surface area contributed by atoms with E-state index in [1.807, 2.05) is 6.07 Å². The summed E-state index contributed by atoms with van der Waals surface area (Å²) in [5.41, 5.74) is 2.01. The molecule has 0 aromatic heterocycles. The molecule has 0 amide bonds. The third-order valence-corrected chi connectivity index (χ3v) is 3.03. The van der Waals surface area contributed by atoms with Gasteiger partial charge in [-0.25, -0.2) is 4.79 Å². The van der Waals surface area contributed by atoms with E-state index in [9.17, 15) is 9.59 Å².